The zero-order chi connectivity index (χ0) is 31.1. The Morgan fingerprint density at radius 1 is 1.02 bits per heavy atom. The fraction of sp³-hybridized carbons (Fsp3) is 0.361. The molecule has 3 aliphatic rings. The van der Waals surface area contributed by atoms with E-state index in [0.717, 1.165) is 59.7 Å². The van der Waals surface area contributed by atoms with Gasteiger partial charge in [-0.3, -0.25) is 9.79 Å². The molecule has 1 aliphatic carbocycles. The molecule has 5 rings (SSSR count). The largest absolute Gasteiger partial charge is 0.444 e. The standard InChI is InChI=1S/C36H43N5O3/c1-25-13-20-31-33(37-21-9-6-10-22-38-35(43)44-36(2,3)4)40-30(26-11-7-5-8-12-26)24-41(31)32(23-25)27-14-16-28(17-15-27)34(42)39-29-18-19-29/h5-8,10-12,14-17,20,23-25,29H,9,13,18-19,21-22H2,1-4H3,(H,37,40)(H,38,43)(H,39,42). The normalized spacial score (nSPS) is 19.3. The number of hydrogen-bond acceptors (Lipinski definition) is 5. The van der Waals surface area contributed by atoms with Crippen LogP contribution >= 0.6 is 0 Å². The molecule has 2 amide bonds. The van der Waals surface area contributed by atoms with Gasteiger partial charge in [0.25, 0.3) is 5.91 Å². The van der Waals surface area contributed by atoms with Crippen LogP contribution in [0, 0.1) is 5.92 Å². The number of carbonyl (C=O) groups excluding carboxylic acids is 2. The van der Waals surface area contributed by atoms with E-state index in [9.17, 15) is 9.59 Å². The minimum atomic E-state index is -0.521. The Bertz CT molecular complexity index is 1490. The van der Waals surface area contributed by atoms with Crippen LogP contribution in [0.25, 0.3) is 11.4 Å². The van der Waals surface area contributed by atoms with Crippen molar-refractivity contribution >= 4 is 29.2 Å². The summed E-state index contributed by atoms with van der Waals surface area (Å²) >= 11 is 0. The van der Waals surface area contributed by atoms with E-state index >= 15 is 0 Å². The number of carbonyl (C=O) groups is 2. The van der Waals surface area contributed by atoms with Crippen LogP contribution in [0.15, 0.2) is 95.8 Å². The topological polar surface area (TPSA) is 95.1 Å². The lowest BCUT2D eigenvalue weighted by Crippen LogP contribution is -2.37. The molecule has 2 aromatic rings. The van der Waals surface area contributed by atoms with Gasteiger partial charge in [-0.25, -0.2) is 4.79 Å². The number of aliphatic imine (C=N–C) groups is 1. The van der Waals surface area contributed by atoms with E-state index in [4.69, 9.17) is 9.73 Å². The smallest absolute Gasteiger partial charge is 0.407 e. The first kappa shape index (κ1) is 30.9. The maximum absolute atomic E-state index is 12.6. The van der Waals surface area contributed by atoms with Crippen molar-refractivity contribution in [3.05, 3.63) is 107 Å². The van der Waals surface area contributed by atoms with E-state index in [0.29, 0.717) is 30.6 Å². The second-order valence-corrected chi connectivity index (χ2v) is 12.5. The van der Waals surface area contributed by atoms with Crippen LogP contribution < -0.4 is 16.0 Å². The molecule has 1 atom stereocenters. The third-order valence-corrected chi connectivity index (χ3v) is 7.33. The van der Waals surface area contributed by atoms with E-state index in [1.54, 1.807) is 0 Å². The van der Waals surface area contributed by atoms with Crippen molar-refractivity contribution in [3.8, 4) is 0 Å². The maximum Gasteiger partial charge on any atom is 0.407 e. The van der Waals surface area contributed by atoms with Crippen LogP contribution in [-0.2, 0) is 4.74 Å². The summed E-state index contributed by atoms with van der Waals surface area (Å²) in [5.74, 6) is 1.11. The monoisotopic (exact) mass is 593 g/mol. The fourth-order valence-electron chi connectivity index (χ4n) is 4.96. The highest BCUT2D eigenvalue weighted by atomic mass is 16.6. The molecule has 2 aliphatic heterocycles. The number of rotatable bonds is 9. The summed E-state index contributed by atoms with van der Waals surface area (Å²) in [7, 11) is 0. The second-order valence-electron chi connectivity index (χ2n) is 12.5. The molecule has 0 spiro atoms. The Balaban J connectivity index is 1.34. The Morgan fingerprint density at radius 2 is 1.77 bits per heavy atom. The average molecular weight is 594 g/mol. The van der Waals surface area contributed by atoms with Crippen molar-refractivity contribution in [1.29, 1.82) is 0 Å². The SMILES string of the molecule is CC1C=C(c2ccc(C(=O)NC3CC3)cc2)N2C=C(c3ccccc3)NC(=NCCC=CCNC(=O)OC(C)(C)C)C2=CC1. The molecule has 8 nitrogen and oxygen atoms in total. The van der Waals surface area contributed by atoms with Crippen molar-refractivity contribution in [3.63, 3.8) is 0 Å². The molecule has 1 fully saturated rings. The zero-order valence-electron chi connectivity index (χ0n) is 26.1. The van der Waals surface area contributed by atoms with E-state index in [2.05, 4.69) is 58.3 Å². The van der Waals surface area contributed by atoms with Crippen LogP contribution in [0.3, 0.4) is 0 Å². The minimum absolute atomic E-state index is 0.0135. The van der Waals surface area contributed by atoms with E-state index < -0.39 is 11.7 Å². The first-order chi connectivity index (χ1) is 21.2. The number of fused-ring (bicyclic) bond motifs is 1. The van der Waals surface area contributed by atoms with E-state index in [-0.39, 0.29) is 5.91 Å². The summed E-state index contributed by atoms with van der Waals surface area (Å²) in [5, 5.41) is 9.41. The number of nitrogens with one attached hydrogen (secondary N) is 3. The third-order valence-electron chi connectivity index (χ3n) is 7.33. The molecule has 0 bridgehead atoms. The number of amidine groups is 1. The number of allylic oxidation sites excluding steroid dienone is 2. The summed E-state index contributed by atoms with van der Waals surface area (Å²) in [6.45, 7) is 8.73. The Hall–Kier alpha value is -4.59. The second kappa shape index (κ2) is 13.8. The van der Waals surface area contributed by atoms with Gasteiger partial charge in [0.15, 0.2) is 0 Å². The average Bonchev–Trinajstić information content (AvgIpc) is 3.83. The van der Waals surface area contributed by atoms with Crippen LogP contribution in [-0.4, -0.2) is 47.5 Å². The molecule has 0 aromatic heterocycles. The van der Waals surface area contributed by atoms with Crippen molar-refractivity contribution in [1.82, 2.24) is 20.9 Å². The Kier molecular flexibility index (Phi) is 9.68. The maximum atomic E-state index is 12.6. The minimum Gasteiger partial charge on any atom is -0.444 e. The molecule has 230 valence electrons. The highest BCUT2D eigenvalue weighted by Crippen LogP contribution is 2.34. The number of hydrogen-bond donors (Lipinski definition) is 3. The molecule has 2 aromatic carbocycles. The molecule has 1 saturated carbocycles. The Labute approximate surface area is 260 Å². The molecule has 2 heterocycles. The van der Waals surface area contributed by atoms with Gasteiger partial charge in [-0.15, -0.1) is 0 Å². The summed E-state index contributed by atoms with van der Waals surface area (Å²) in [6, 6.07) is 18.5. The van der Waals surface area contributed by atoms with Crippen LogP contribution in [0.5, 0.6) is 0 Å². The molecular formula is C36H43N5O3. The van der Waals surface area contributed by atoms with Gasteiger partial charge < -0.3 is 25.6 Å². The van der Waals surface area contributed by atoms with Gasteiger partial charge in [-0.05, 0) is 75.6 Å². The number of ether oxygens (including phenoxy) is 1. The van der Waals surface area contributed by atoms with Gasteiger partial charge in [0.1, 0.15) is 11.4 Å². The number of alkyl carbamates (subject to hydrolysis) is 1. The van der Waals surface area contributed by atoms with Gasteiger partial charge >= 0.3 is 6.09 Å². The lowest BCUT2D eigenvalue weighted by atomic mass is 10.0. The quantitative estimate of drug-likeness (QED) is 0.225. The first-order valence-electron chi connectivity index (χ1n) is 15.5. The van der Waals surface area contributed by atoms with Gasteiger partial charge in [0.05, 0.1) is 11.4 Å². The van der Waals surface area contributed by atoms with Crippen molar-refractivity contribution in [2.24, 2.45) is 10.9 Å². The molecule has 3 N–H and O–H groups in total. The van der Waals surface area contributed by atoms with E-state index in [1.165, 1.54) is 0 Å². The summed E-state index contributed by atoms with van der Waals surface area (Å²) in [4.78, 5) is 31.7. The number of amides is 2. The predicted molar refractivity (Wildman–Crippen MR) is 176 cm³/mol. The molecule has 0 saturated heterocycles. The van der Waals surface area contributed by atoms with Gasteiger partial charge in [-0.2, -0.15) is 0 Å². The van der Waals surface area contributed by atoms with Crippen molar-refractivity contribution < 1.29 is 14.3 Å². The summed E-state index contributed by atoms with van der Waals surface area (Å²) in [5.41, 5.74) is 5.29. The van der Waals surface area contributed by atoms with Crippen molar-refractivity contribution in [2.75, 3.05) is 13.1 Å². The highest BCUT2D eigenvalue weighted by Gasteiger charge is 2.28. The number of benzene rings is 2. The molecule has 8 heteroatoms. The van der Waals surface area contributed by atoms with Crippen LogP contribution in [0.1, 0.15) is 74.9 Å². The van der Waals surface area contributed by atoms with E-state index in [1.807, 2.05) is 75.4 Å². The van der Waals surface area contributed by atoms with Crippen molar-refractivity contribution in [2.45, 2.75) is 65.0 Å². The fourth-order valence-corrected chi connectivity index (χ4v) is 4.96. The highest BCUT2D eigenvalue weighted by molar-refractivity contribution is 6.06. The Morgan fingerprint density at radius 3 is 2.48 bits per heavy atom. The van der Waals surface area contributed by atoms with Crippen LogP contribution in [0.4, 0.5) is 4.79 Å². The first-order valence-corrected chi connectivity index (χ1v) is 15.5. The van der Waals surface area contributed by atoms with Gasteiger partial charge in [0.2, 0.25) is 0 Å². The predicted octanol–water partition coefficient (Wildman–Crippen LogP) is 6.62. The zero-order valence-corrected chi connectivity index (χ0v) is 26.1. The number of nitrogens with zero attached hydrogens (tertiary/aromatic N) is 2. The molecule has 44 heavy (non-hydrogen) atoms. The molecular weight excluding hydrogens is 550 g/mol. The lowest BCUT2D eigenvalue weighted by Gasteiger charge is -2.33. The third kappa shape index (κ3) is 8.49. The lowest BCUT2D eigenvalue weighted by molar-refractivity contribution is 0.0534. The van der Waals surface area contributed by atoms with Crippen LogP contribution in [0.2, 0.25) is 0 Å². The summed E-state index contributed by atoms with van der Waals surface area (Å²) in [6.07, 6.45) is 13.9. The van der Waals surface area contributed by atoms with Gasteiger partial charge in [-0.1, -0.05) is 73.7 Å². The molecule has 1 unspecified atom stereocenters. The molecule has 0 radical (unpaired) electrons. The summed E-state index contributed by atoms with van der Waals surface area (Å²) < 4.78 is 5.28. The van der Waals surface area contributed by atoms with Gasteiger partial charge in [0, 0.05) is 36.6 Å².